The third-order valence-electron chi connectivity index (χ3n) is 3.75. The van der Waals surface area contributed by atoms with E-state index in [1.165, 1.54) is 0 Å². The topological polar surface area (TPSA) is 63.6 Å². The van der Waals surface area contributed by atoms with Gasteiger partial charge in [-0.1, -0.05) is 6.92 Å². The van der Waals surface area contributed by atoms with Crippen LogP contribution in [0, 0.1) is 6.92 Å². The first kappa shape index (κ1) is 15.3. The van der Waals surface area contributed by atoms with E-state index in [9.17, 15) is 0 Å². The van der Waals surface area contributed by atoms with Gasteiger partial charge in [0.1, 0.15) is 5.82 Å². The molecule has 3 heterocycles. The number of fused-ring (bicyclic) bond motifs is 1. The number of aryl methyl sites for hydroxylation is 2. The molecular weight excluding hydrogens is 286 g/mol. The van der Waals surface area contributed by atoms with Crippen molar-refractivity contribution in [2.75, 3.05) is 5.32 Å². The third-order valence-corrected chi connectivity index (χ3v) is 3.75. The van der Waals surface area contributed by atoms with Crippen LogP contribution in [0.25, 0.3) is 22.3 Å². The van der Waals surface area contributed by atoms with Crippen LogP contribution in [0.2, 0.25) is 0 Å². The van der Waals surface area contributed by atoms with Crippen molar-refractivity contribution in [2.45, 2.75) is 40.2 Å². The van der Waals surface area contributed by atoms with Gasteiger partial charge in [0.05, 0.1) is 11.7 Å². The molecule has 3 aromatic heterocycles. The largest absolute Gasteiger partial charge is 0.367 e. The first-order valence-electron chi connectivity index (χ1n) is 7.92. The Bertz CT molecular complexity index is 842. The fourth-order valence-electron chi connectivity index (χ4n) is 2.64. The second-order valence-electron chi connectivity index (χ2n) is 5.93. The fourth-order valence-corrected chi connectivity index (χ4v) is 2.64. The lowest BCUT2D eigenvalue weighted by Crippen LogP contribution is -2.13. The van der Waals surface area contributed by atoms with Gasteiger partial charge in [-0.3, -0.25) is 9.97 Å². The smallest absolute Gasteiger partial charge is 0.162 e. The van der Waals surface area contributed by atoms with E-state index in [4.69, 9.17) is 9.97 Å². The first-order valence-corrected chi connectivity index (χ1v) is 7.92. The minimum Gasteiger partial charge on any atom is -0.367 e. The molecule has 0 aliphatic carbocycles. The molecule has 5 nitrogen and oxygen atoms in total. The standard InChI is InChI=1S/C18H21N5/c1-5-13-9-20-10-15-16(13)18(21-11(2)3)23-17(22-15)14-6-7-19-8-12(14)4/h6-11H,5H2,1-4H3,(H,21,22,23). The van der Waals surface area contributed by atoms with Crippen molar-refractivity contribution >= 4 is 16.7 Å². The summed E-state index contributed by atoms with van der Waals surface area (Å²) < 4.78 is 0. The van der Waals surface area contributed by atoms with Crippen molar-refractivity contribution in [3.05, 3.63) is 42.0 Å². The van der Waals surface area contributed by atoms with E-state index in [2.05, 4.69) is 36.1 Å². The molecular formula is C18H21N5. The minimum absolute atomic E-state index is 0.289. The van der Waals surface area contributed by atoms with Gasteiger partial charge in [-0.05, 0) is 44.4 Å². The van der Waals surface area contributed by atoms with Crippen LogP contribution in [0.5, 0.6) is 0 Å². The van der Waals surface area contributed by atoms with E-state index >= 15 is 0 Å². The summed E-state index contributed by atoms with van der Waals surface area (Å²) in [6.07, 6.45) is 8.20. The number of nitrogens with one attached hydrogen (secondary N) is 1. The number of hydrogen-bond donors (Lipinski definition) is 1. The molecule has 0 spiro atoms. The minimum atomic E-state index is 0.289. The average molecular weight is 307 g/mol. The zero-order valence-electron chi connectivity index (χ0n) is 14.0. The molecule has 0 bridgehead atoms. The van der Waals surface area contributed by atoms with E-state index in [1.807, 2.05) is 31.6 Å². The monoisotopic (exact) mass is 307 g/mol. The summed E-state index contributed by atoms with van der Waals surface area (Å²) in [5.41, 5.74) is 4.08. The number of rotatable bonds is 4. The second-order valence-corrected chi connectivity index (χ2v) is 5.93. The average Bonchev–Trinajstić information content (AvgIpc) is 2.54. The highest BCUT2D eigenvalue weighted by molar-refractivity contribution is 5.93. The van der Waals surface area contributed by atoms with Gasteiger partial charge in [0.2, 0.25) is 0 Å². The van der Waals surface area contributed by atoms with Gasteiger partial charge in [0.15, 0.2) is 5.82 Å². The quantitative estimate of drug-likeness (QED) is 0.794. The highest BCUT2D eigenvalue weighted by Gasteiger charge is 2.14. The molecule has 23 heavy (non-hydrogen) atoms. The van der Waals surface area contributed by atoms with Gasteiger partial charge in [0, 0.05) is 35.6 Å². The van der Waals surface area contributed by atoms with Gasteiger partial charge in [-0.25, -0.2) is 9.97 Å². The zero-order chi connectivity index (χ0) is 16.4. The van der Waals surface area contributed by atoms with Gasteiger partial charge in [0.25, 0.3) is 0 Å². The van der Waals surface area contributed by atoms with Crippen LogP contribution < -0.4 is 5.32 Å². The van der Waals surface area contributed by atoms with Crippen LogP contribution >= 0.6 is 0 Å². The lowest BCUT2D eigenvalue weighted by Gasteiger charge is -2.15. The molecule has 1 N–H and O–H groups in total. The normalized spacial score (nSPS) is 11.2. The van der Waals surface area contributed by atoms with Crippen LogP contribution in [0.4, 0.5) is 5.82 Å². The van der Waals surface area contributed by atoms with Crippen LogP contribution in [0.1, 0.15) is 31.9 Å². The van der Waals surface area contributed by atoms with Gasteiger partial charge < -0.3 is 5.32 Å². The predicted octanol–water partition coefficient (Wildman–Crippen LogP) is 3.78. The Morgan fingerprint density at radius 3 is 2.61 bits per heavy atom. The van der Waals surface area contributed by atoms with E-state index in [0.29, 0.717) is 5.82 Å². The summed E-state index contributed by atoms with van der Waals surface area (Å²) in [4.78, 5) is 18.0. The number of hydrogen-bond acceptors (Lipinski definition) is 5. The summed E-state index contributed by atoms with van der Waals surface area (Å²) in [7, 11) is 0. The number of nitrogens with zero attached hydrogens (tertiary/aromatic N) is 4. The molecule has 0 amide bonds. The molecule has 118 valence electrons. The highest BCUT2D eigenvalue weighted by Crippen LogP contribution is 2.28. The van der Waals surface area contributed by atoms with Crippen LogP contribution in [-0.4, -0.2) is 26.0 Å². The van der Waals surface area contributed by atoms with E-state index in [0.717, 1.165) is 39.8 Å². The first-order chi connectivity index (χ1) is 11.1. The molecule has 0 aliphatic rings. The summed E-state index contributed by atoms with van der Waals surface area (Å²) in [5.74, 6) is 1.58. The van der Waals surface area contributed by atoms with Crippen LogP contribution in [-0.2, 0) is 6.42 Å². The van der Waals surface area contributed by atoms with Gasteiger partial charge in [-0.2, -0.15) is 0 Å². The Balaban J connectivity index is 2.28. The van der Waals surface area contributed by atoms with Crippen molar-refractivity contribution in [1.82, 2.24) is 19.9 Å². The molecule has 3 aromatic rings. The lowest BCUT2D eigenvalue weighted by atomic mass is 10.1. The van der Waals surface area contributed by atoms with E-state index in [-0.39, 0.29) is 6.04 Å². The Labute approximate surface area is 136 Å². The lowest BCUT2D eigenvalue weighted by molar-refractivity contribution is 0.890. The summed E-state index contributed by atoms with van der Waals surface area (Å²) in [6.45, 7) is 8.36. The number of aromatic nitrogens is 4. The van der Waals surface area contributed by atoms with Crippen molar-refractivity contribution in [2.24, 2.45) is 0 Å². The SMILES string of the molecule is CCc1cncc2nc(-c3ccncc3C)nc(NC(C)C)c12. The predicted molar refractivity (Wildman–Crippen MR) is 93.4 cm³/mol. The molecule has 0 radical (unpaired) electrons. The molecule has 0 aromatic carbocycles. The maximum atomic E-state index is 4.80. The van der Waals surface area contributed by atoms with Crippen molar-refractivity contribution in [3.8, 4) is 11.4 Å². The van der Waals surface area contributed by atoms with Gasteiger partial charge in [-0.15, -0.1) is 0 Å². The van der Waals surface area contributed by atoms with Crippen molar-refractivity contribution in [3.63, 3.8) is 0 Å². The van der Waals surface area contributed by atoms with Crippen molar-refractivity contribution < 1.29 is 0 Å². The molecule has 0 aliphatic heterocycles. The molecule has 5 heteroatoms. The summed E-state index contributed by atoms with van der Waals surface area (Å²) >= 11 is 0. The Hall–Kier alpha value is -2.56. The van der Waals surface area contributed by atoms with Crippen LogP contribution in [0.3, 0.4) is 0 Å². The second kappa shape index (κ2) is 6.28. The number of pyridine rings is 2. The maximum Gasteiger partial charge on any atom is 0.162 e. The Morgan fingerprint density at radius 1 is 1.09 bits per heavy atom. The summed E-state index contributed by atoms with van der Waals surface area (Å²) in [6, 6.07) is 2.24. The Kier molecular flexibility index (Phi) is 4.19. The molecule has 0 fully saturated rings. The van der Waals surface area contributed by atoms with E-state index in [1.54, 1.807) is 6.20 Å². The maximum absolute atomic E-state index is 4.80. The molecule has 3 rings (SSSR count). The molecule has 0 saturated carbocycles. The molecule has 0 atom stereocenters. The molecule has 0 saturated heterocycles. The van der Waals surface area contributed by atoms with E-state index < -0.39 is 0 Å². The summed E-state index contributed by atoms with van der Waals surface area (Å²) in [5, 5.41) is 4.52. The van der Waals surface area contributed by atoms with Gasteiger partial charge >= 0.3 is 0 Å². The zero-order valence-corrected chi connectivity index (χ0v) is 14.0. The van der Waals surface area contributed by atoms with Crippen molar-refractivity contribution in [1.29, 1.82) is 0 Å². The highest BCUT2D eigenvalue weighted by atomic mass is 15.0. The Morgan fingerprint density at radius 2 is 1.91 bits per heavy atom. The third kappa shape index (κ3) is 2.99. The fraction of sp³-hybridized carbons (Fsp3) is 0.333. The molecule has 0 unspecified atom stereocenters. The number of anilines is 1. The van der Waals surface area contributed by atoms with Crippen LogP contribution in [0.15, 0.2) is 30.9 Å².